The summed E-state index contributed by atoms with van der Waals surface area (Å²) < 4.78 is 40.1. The normalized spacial score (nSPS) is 12.0. The molecule has 1 N–H and O–H groups in total. The highest BCUT2D eigenvalue weighted by Gasteiger charge is 2.27. The van der Waals surface area contributed by atoms with Crippen LogP contribution in [0.25, 0.3) is 0 Å². The molecule has 0 bridgehead atoms. The summed E-state index contributed by atoms with van der Waals surface area (Å²) in [4.78, 5) is 0. The minimum absolute atomic E-state index is 0.00571. The molecule has 0 spiro atoms. The van der Waals surface area contributed by atoms with E-state index in [-0.39, 0.29) is 17.5 Å². The molecule has 0 radical (unpaired) electrons. The Morgan fingerprint density at radius 1 is 1.20 bits per heavy atom. The van der Waals surface area contributed by atoms with Crippen molar-refractivity contribution in [3.8, 4) is 0 Å². The number of ether oxygens (including phenoxy) is 1. The number of nitrogens with one attached hydrogen (secondary N) is 1. The standard InChI is InChI=1S/C8H15ClF3NOS/c9-2-6-14-5-1-3-13-4-7-15-8(10,11)12/h13H,1-7H2. The van der Waals surface area contributed by atoms with E-state index in [9.17, 15) is 13.2 Å². The van der Waals surface area contributed by atoms with Crippen LogP contribution in [0.15, 0.2) is 0 Å². The summed E-state index contributed by atoms with van der Waals surface area (Å²) in [6.45, 7) is 2.14. The Labute approximate surface area is 96.9 Å². The summed E-state index contributed by atoms with van der Waals surface area (Å²) >= 11 is 5.37. The molecule has 0 saturated carbocycles. The second-order valence-electron chi connectivity index (χ2n) is 2.70. The predicted octanol–water partition coefficient (Wildman–Crippen LogP) is 2.47. The van der Waals surface area contributed by atoms with Crippen LogP contribution >= 0.6 is 23.4 Å². The van der Waals surface area contributed by atoms with Crippen molar-refractivity contribution in [1.29, 1.82) is 0 Å². The van der Waals surface area contributed by atoms with Crippen LogP contribution in [0.3, 0.4) is 0 Å². The molecular formula is C8H15ClF3NOS. The topological polar surface area (TPSA) is 21.3 Å². The highest BCUT2D eigenvalue weighted by molar-refractivity contribution is 8.00. The molecule has 0 fully saturated rings. The third-order valence-corrected chi connectivity index (χ3v) is 2.30. The Kier molecular flexibility index (Phi) is 9.79. The lowest BCUT2D eigenvalue weighted by molar-refractivity contribution is -0.0327. The van der Waals surface area contributed by atoms with E-state index in [2.05, 4.69) is 5.32 Å². The molecule has 15 heavy (non-hydrogen) atoms. The minimum atomic E-state index is -4.12. The van der Waals surface area contributed by atoms with Gasteiger partial charge in [-0.25, -0.2) is 0 Å². The molecule has 0 amide bonds. The van der Waals surface area contributed by atoms with E-state index in [0.717, 1.165) is 6.42 Å². The fourth-order valence-electron chi connectivity index (χ4n) is 0.820. The Balaban J connectivity index is 2.99. The molecule has 0 unspecified atom stereocenters. The van der Waals surface area contributed by atoms with Gasteiger partial charge in [-0.05, 0) is 24.7 Å². The minimum Gasteiger partial charge on any atom is -0.380 e. The van der Waals surface area contributed by atoms with E-state index >= 15 is 0 Å². The van der Waals surface area contributed by atoms with E-state index < -0.39 is 5.51 Å². The molecule has 92 valence electrons. The molecule has 0 heterocycles. The van der Waals surface area contributed by atoms with Gasteiger partial charge in [-0.3, -0.25) is 0 Å². The van der Waals surface area contributed by atoms with Gasteiger partial charge in [0.05, 0.1) is 6.61 Å². The van der Waals surface area contributed by atoms with E-state index in [1.165, 1.54) is 0 Å². The number of hydrogen-bond donors (Lipinski definition) is 1. The third-order valence-electron chi connectivity index (χ3n) is 1.41. The molecule has 2 nitrogen and oxygen atoms in total. The number of thioether (sulfide) groups is 1. The second-order valence-corrected chi connectivity index (χ2v) is 4.24. The summed E-state index contributed by atoms with van der Waals surface area (Å²) in [5, 5.41) is 2.90. The molecule has 7 heteroatoms. The zero-order valence-electron chi connectivity index (χ0n) is 8.28. The first-order valence-electron chi connectivity index (χ1n) is 4.61. The van der Waals surface area contributed by atoms with Crippen LogP contribution in [0.1, 0.15) is 6.42 Å². The fourth-order valence-corrected chi connectivity index (χ4v) is 1.41. The van der Waals surface area contributed by atoms with Crippen molar-refractivity contribution < 1.29 is 17.9 Å². The summed E-state index contributed by atoms with van der Waals surface area (Å²) in [5.41, 5.74) is -4.12. The maximum Gasteiger partial charge on any atom is 0.441 e. The first kappa shape index (κ1) is 15.3. The van der Waals surface area contributed by atoms with Crippen LogP contribution < -0.4 is 5.32 Å². The van der Waals surface area contributed by atoms with Crippen molar-refractivity contribution in [2.75, 3.05) is 37.9 Å². The maximum atomic E-state index is 11.7. The number of alkyl halides is 4. The molecule has 0 atom stereocenters. The van der Waals surface area contributed by atoms with Crippen LogP contribution in [0.5, 0.6) is 0 Å². The number of halogens is 4. The summed E-state index contributed by atoms with van der Waals surface area (Å²) in [6.07, 6.45) is 0.785. The molecule has 0 aliphatic carbocycles. The van der Waals surface area contributed by atoms with Gasteiger partial charge in [0, 0.05) is 24.8 Å². The Hall–Kier alpha value is 0.350. The summed E-state index contributed by atoms with van der Waals surface area (Å²) in [5.74, 6) is 0.516. The van der Waals surface area contributed by atoms with Gasteiger partial charge >= 0.3 is 5.51 Å². The van der Waals surface area contributed by atoms with Crippen LogP contribution in [0.4, 0.5) is 13.2 Å². The van der Waals surface area contributed by atoms with Gasteiger partial charge in [0.25, 0.3) is 0 Å². The van der Waals surface area contributed by atoms with E-state index in [1.807, 2.05) is 0 Å². The molecule has 0 saturated heterocycles. The first-order chi connectivity index (χ1) is 7.06. The van der Waals surface area contributed by atoms with Gasteiger partial charge in [-0.1, -0.05) is 0 Å². The molecule has 0 aromatic rings. The summed E-state index contributed by atoms with van der Waals surface area (Å²) in [7, 11) is 0. The van der Waals surface area contributed by atoms with E-state index in [1.54, 1.807) is 0 Å². The van der Waals surface area contributed by atoms with E-state index in [4.69, 9.17) is 16.3 Å². The van der Waals surface area contributed by atoms with Gasteiger partial charge in [-0.15, -0.1) is 11.6 Å². The molecule has 0 aliphatic rings. The monoisotopic (exact) mass is 265 g/mol. The fraction of sp³-hybridized carbons (Fsp3) is 1.00. The number of hydrogen-bond acceptors (Lipinski definition) is 3. The predicted molar refractivity (Wildman–Crippen MR) is 57.5 cm³/mol. The molecule has 0 rings (SSSR count). The second kappa shape index (κ2) is 9.57. The zero-order chi connectivity index (χ0) is 11.6. The Morgan fingerprint density at radius 3 is 2.53 bits per heavy atom. The smallest absolute Gasteiger partial charge is 0.380 e. The Morgan fingerprint density at radius 2 is 1.93 bits per heavy atom. The highest BCUT2D eigenvalue weighted by Crippen LogP contribution is 2.29. The lowest BCUT2D eigenvalue weighted by Gasteiger charge is -2.06. The number of rotatable bonds is 9. The van der Waals surface area contributed by atoms with Crippen molar-refractivity contribution in [1.82, 2.24) is 5.32 Å². The molecular weight excluding hydrogens is 251 g/mol. The summed E-state index contributed by atoms with van der Waals surface area (Å²) in [6, 6.07) is 0. The van der Waals surface area contributed by atoms with Crippen LogP contribution in [-0.2, 0) is 4.74 Å². The van der Waals surface area contributed by atoms with Crippen molar-refractivity contribution >= 4 is 23.4 Å². The van der Waals surface area contributed by atoms with Crippen molar-refractivity contribution in [2.24, 2.45) is 0 Å². The molecule has 0 aromatic carbocycles. The average molecular weight is 266 g/mol. The van der Waals surface area contributed by atoms with Gasteiger partial charge < -0.3 is 10.1 Å². The highest BCUT2D eigenvalue weighted by atomic mass is 35.5. The largest absolute Gasteiger partial charge is 0.441 e. The van der Waals surface area contributed by atoms with Crippen molar-refractivity contribution in [3.05, 3.63) is 0 Å². The van der Waals surface area contributed by atoms with Crippen LogP contribution in [0.2, 0.25) is 0 Å². The maximum absolute atomic E-state index is 11.7. The SMILES string of the molecule is FC(F)(F)SCCNCCCOCCCl. The van der Waals surface area contributed by atoms with Gasteiger partial charge in [0.1, 0.15) is 0 Å². The van der Waals surface area contributed by atoms with E-state index in [0.29, 0.717) is 32.2 Å². The average Bonchev–Trinajstić information content (AvgIpc) is 2.14. The van der Waals surface area contributed by atoms with Gasteiger partial charge in [-0.2, -0.15) is 13.2 Å². The van der Waals surface area contributed by atoms with Crippen LogP contribution in [0, 0.1) is 0 Å². The van der Waals surface area contributed by atoms with Crippen molar-refractivity contribution in [2.45, 2.75) is 11.9 Å². The first-order valence-corrected chi connectivity index (χ1v) is 6.13. The molecule has 0 aromatic heterocycles. The Bertz CT molecular complexity index is 148. The lowest BCUT2D eigenvalue weighted by Crippen LogP contribution is -2.21. The molecule has 0 aliphatic heterocycles. The van der Waals surface area contributed by atoms with Crippen LogP contribution in [-0.4, -0.2) is 43.4 Å². The van der Waals surface area contributed by atoms with Gasteiger partial charge in [0.15, 0.2) is 0 Å². The quantitative estimate of drug-likeness (QED) is 0.511. The van der Waals surface area contributed by atoms with Crippen molar-refractivity contribution in [3.63, 3.8) is 0 Å². The zero-order valence-corrected chi connectivity index (χ0v) is 9.85. The third kappa shape index (κ3) is 14.4. The van der Waals surface area contributed by atoms with Gasteiger partial charge in [0.2, 0.25) is 0 Å². The lowest BCUT2D eigenvalue weighted by atomic mass is 10.4.